The Bertz CT molecular complexity index is 1760. The number of hydrogen-bond acceptors (Lipinski definition) is 0. The van der Waals surface area contributed by atoms with Gasteiger partial charge in [0, 0.05) is 5.41 Å². The summed E-state index contributed by atoms with van der Waals surface area (Å²) in [4.78, 5) is 0. The molecule has 4 aromatic rings. The van der Waals surface area contributed by atoms with Crippen molar-refractivity contribution in [1.29, 1.82) is 0 Å². The first-order valence-corrected chi connectivity index (χ1v) is 13.8. The second-order valence-electron chi connectivity index (χ2n) is 12.5. The van der Waals surface area contributed by atoms with Gasteiger partial charge in [0.05, 0.1) is 0 Å². The molecular formula is C37H32. The third kappa shape index (κ3) is 2.64. The second-order valence-corrected chi connectivity index (χ2v) is 12.5. The van der Waals surface area contributed by atoms with Crippen LogP contribution < -0.4 is 0 Å². The Morgan fingerprint density at radius 3 is 2.16 bits per heavy atom. The van der Waals surface area contributed by atoms with E-state index in [0.29, 0.717) is 5.92 Å². The Morgan fingerprint density at radius 1 is 0.757 bits per heavy atom. The van der Waals surface area contributed by atoms with Crippen molar-refractivity contribution >= 4 is 27.1 Å². The van der Waals surface area contributed by atoms with Gasteiger partial charge in [-0.15, -0.1) is 0 Å². The molecule has 1 unspecified atom stereocenters. The monoisotopic (exact) mass is 476 g/mol. The molecule has 0 amide bonds. The molecule has 0 nitrogen and oxygen atoms in total. The number of allylic oxidation sites excluding steroid dienone is 8. The molecular weight excluding hydrogens is 444 g/mol. The van der Waals surface area contributed by atoms with Gasteiger partial charge in [-0.1, -0.05) is 101 Å². The zero-order chi connectivity index (χ0) is 25.1. The average molecular weight is 477 g/mol. The topological polar surface area (TPSA) is 0 Å². The normalized spacial score (nSPS) is 22.1. The molecule has 0 heteroatoms. The first kappa shape index (κ1) is 21.4. The highest BCUT2D eigenvalue weighted by molar-refractivity contribution is 6.13. The van der Waals surface area contributed by atoms with Gasteiger partial charge in [-0.2, -0.15) is 0 Å². The summed E-state index contributed by atoms with van der Waals surface area (Å²) in [7, 11) is 0. The van der Waals surface area contributed by atoms with Gasteiger partial charge < -0.3 is 0 Å². The number of rotatable bonds is 1. The van der Waals surface area contributed by atoms with E-state index >= 15 is 0 Å². The fourth-order valence-electron chi connectivity index (χ4n) is 7.98. The van der Waals surface area contributed by atoms with E-state index in [1.807, 2.05) is 0 Å². The van der Waals surface area contributed by atoms with E-state index in [9.17, 15) is 0 Å². The van der Waals surface area contributed by atoms with E-state index in [2.05, 4.69) is 119 Å². The van der Waals surface area contributed by atoms with E-state index in [1.54, 1.807) is 22.3 Å². The van der Waals surface area contributed by atoms with Crippen LogP contribution in [0.3, 0.4) is 0 Å². The molecule has 0 heterocycles. The first-order chi connectivity index (χ1) is 17.9. The van der Waals surface area contributed by atoms with Crippen LogP contribution in [0, 0.1) is 5.92 Å². The minimum atomic E-state index is -0.0601. The molecule has 37 heavy (non-hydrogen) atoms. The zero-order valence-electron chi connectivity index (χ0n) is 22.2. The highest BCUT2D eigenvalue weighted by Crippen LogP contribution is 2.64. The lowest BCUT2D eigenvalue weighted by molar-refractivity contribution is 0.412. The van der Waals surface area contributed by atoms with E-state index in [4.69, 9.17) is 0 Å². The van der Waals surface area contributed by atoms with Gasteiger partial charge in [0.1, 0.15) is 0 Å². The molecule has 0 aliphatic heterocycles. The van der Waals surface area contributed by atoms with Gasteiger partial charge >= 0.3 is 0 Å². The van der Waals surface area contributed by atoms with Crippen LogP contribution in [0.5, 0.6) is 0 Å². The summed E-state index contributed by atoms with van der Waals surface area (Å²) in [6, 6.07) is 25.3. The second kappa shape index (κ2) is 7.01. The fourth-order valence-corrected chi connectivity index (χ4v) is 7.98. The maximum Gasteiger partial charge on any atom is 0.0159 e. The van der Waals surface area contributed by atoms with Crippen molar-refractivity contribution in [2.45, 2.75) is 51.4 Å². The smallest absolute Gasteiger partial charge is 0.0159 e. The predicted molar refractivity (Wildman–Crippen MR) is 158 cm³/mol. The molecule has 0 aromatic heterocycles. The van der Waals surface area contributed by atoms with Crippen molar-refractivity contribution in [1.82, 2.24) is 0 Å². The highest BCUT2D eigenvalue weighted by atomic mass is 14.5. The van der Waals surface area contributed by atoms with Crippen molar-refractivity contribution in [2.75, 3.05) is 0 Å². The van der Waals surface area contributed by atoms with Crippen LogP contribution in [0.1, 0.15) is 57.2 Å². The van der Waals surface area contributed by atoms with Crippen LogP contribution in [-0.2, 0) is 10.8 Å². The van der Waals surface area contributed by atoms with Gasteiger partial charge in [-0.3, -0.25) is 0 Å². The first-order valence-electron chi connectivity index (χ1n) is 13.8. The summed E-state index contributed by atoms with van der Waals surface area (Å²) in [6.07, 6.45) is 11.8. The van der Waals surface area contributed by atoms with E-state index < -0.39 is 0 Å². The number of fused-ring (bicyclic) bond motifs is 2. The van der Waals surface area contributed by atoms with Crippen LogP contribution in [-0.4, -0.2) is 0 Å². The lowest BCUT2D eigenvalue weighted by Gasteiger charge is -2.41. The van der Waals surface area contributed by atoms with Crippen molar-refractivity contribution < 1.29 is 0 Å². The Labute approximate surface area is 219 Å². The molecule has 1 atom stereocenters. The number of benzene rings is 4. The lowest BCUT2D eigenvalue weighted by Crippen LogP contribution is -2.30. The molecule has 0 saturated heterocycles. The molecule has 180 valence electrons. The minimum absolute atomic E-state index is 0.0601. The molecule has 0 saturated carbocycles. The molecule has 4 aliphatic carbocycles. The summed E-state index contributed by atoms with van der Waals surface area (Å²) >= 11 is 0. The third-order valence-electron chi connectivity index (χ3n) is 9.92. The van der Waals surface area contributed by atoms with Crippen LogP contribution in [0.2, 0.25) is 0 Å². The molecule has 0 fully saturated rings. The van der Waals surface area contributed by atoms with Gasteiger partial charge in [0.25, 0.3) is 0 Å². The van der Waals surface area contributed by atoms with Crippen molar-refractivity contribution in [3.05, 3.63) is 124 Å². The maximum atomic E-state index is 2.57. The molecule has 0 N–H and O–H groups in total. The summed E-state index contributed by atoms with van der Waals surface area (Å²) in [5.41, 5.74) is 13.6. The van der Waals surface area contributed by atoms with Crippen molar-refractivity contribution in [3.63, 3.8) is 0 Å². The van der Waals surface area contributed by atoms with E-state index in [1.165, 1.54) is 49.4 Å². The Kier molecular flexibility index (Phi) is 4.07. The molecule has 0 radical (unpaired) electrons. The lowest BCUT2D eigenvalue weighted by atomic mass is 9.62. The average Bonchev–Trinajstić information content (AvgIpc) is 3.02. The quantitative estimate of drug-likeness (QED) is 0.240. The predicted octanol–water partition coefficient (Wildman–Crippen LogP) is 9.83. The van der Waals surface area contributed by atoms with Crippen LogP contribution in [0.4, 0.5) is 0 Å². The number of hydrogen-bond donors (Lipinski definition) is 0. The summed E-state index contributed by atoms with van der Waals surface area (Å²) in [6.45, 7) is 9.90. The van der Waals surface area contributed by atoms with E-state index in [-0.39, 0.29) is 10.8 Å². The van der Waals surface area contributed by atoms with Crippen LogP contribution in [0.15, 0.2) is 108 Å². The zero-order valence-corrected chi connectivity index (χ0v) is 22.2. The molecule has 0 bridgehead atoms. The van der Waals surface area contributed by atoms with Gasteiger partial charge in [-0.25, -0.2) is 0 Å². The summed E-state index contributed by atoms with van der Waals surface area (Å²) in [5.74, 6) is 0.539. The fraction of sp³-hybridized carbons (Fsp3) is 0.243. The summed E-state index contributed by atoms with van der Waals surface area (Å²) in [5, 5.41) is 5.31. The van der Waals surface area contributed by atoms with Crippen molar-refractivity contribution in [3.8, 4) is 11.1 Å². The van der Waals surface area contributed by atoms with Gasteiger partial charge in [0.15, 0.2) is 0 Å². The highest BCUT2D eigenvalue weighted by Gasteiger charge is 2.52. The standard InChI is InChI=1S/C37H32/c1-36(2)28-16-10-7-11-22-17-18-29-35(33(22)28)34-30(36)20-25(21-31(34)37(29,3)4)32-26-14-8-5-12-23(26)19-24-13-6-9-15-27(24)32/h5-10,12-17,19-21,29H,11,18H2,1-4H3. The third-order valence-corrected chi connectivity index (χ3v) is 9.92. The summed E-state index contributed by atoms with van der Waals surface area (Å²) < 4.78 is 0. The maximum absolute atomic E-state index is 2.57. The SMILES string of the molecule is CC1(C)C2=CC=CCC3=CCC4C(=C32)c2c1cc(-c1c3ccccc3cc3ccccc13)cc2C4(C)C. The van der Waals surface area contributed by atoms with Crippen LogP contribution in [0.25, 0.3) is 38.2 Å². The molecule has 8 rings (SSSR count). The Hall–Kier alpha value is -3.64. The van der Waals surface area contributed by atoms with Crippen LogP contribution >= 0.6 is 0 Å². The van der Waals surface area contributed by atoms with Gasteiger partial charge in [-0.05, 0) is 114 Å². The Morgan fingerprint density at radius 2 is 1.43 bits per heavy atom. The van der Waals surface area contributed by atoms with Gasteiger partial charge in [0.2, 0.25) is 0 Å². The Balaban J connectivity index is 1.53. The molecule has 4 aromatic carbocycles. The minimum Gasteiger partial charge on any atom is -0.0801 e. The van der Waals surface area contributed by atoms with E-state index in [0.717, 1.165) is 12.8 Å². The largest absolute Gasteiger partial charge is 0.0801 e. The molecule has 4 aliphatic rings. The molecule has 0 spiro atoms. The van der Waals surface area contributed by atoms with Crippen molar-refractivity contribution in [2.24, 2.45) is 5.92 Å².